The highest BCUT2D eigenvalue weighted by atomic mass is 35.5. The van der Waals surface area contributed by atoms with Gasteiger partial charge in [-0.3, -0.25) is 4.79 Å². The second-order valence-corrected chi connectivity index (χ2v) is 8.51. The van der Waals surface area contributed by atoms with Gasteiger partial charge in [0.1, 0.15) is 0 Å². The first-order chi connectivity index (χ1) is 11.2. The molecule has 1 aromatic rings. The van der Waals surface area contributed by atoms with Crippen LogP contribution in [0.2, 0.25) is 10.0 Å². The number of halogens is 2. The van der Waals surface area contributed by atoms with Crippen molar-refractivity contribution in [1.29, 1.82) is 0 Å². The van der Waals surface area contributed by atoms with Gasteiger partial charge in [-0.15, -0.1) is 0 Å². The number of ether oxygens (including phenoxy) is 1. The van der Waals surface area contributed by atoms with Gasteiger partial charge >= 0.3 is 5.97 Å². The number of rotatable bonds is 5. The Morgan fingerprint density at radius 3 is 2.58 bits per heavy atom. The fourth-order valence-electron chi connectivity index (χ4n) is 2.60. The molecule has 1 fully saturated rings. The predicted octanol–water partition coefficient (Wildman–Crippen LogP) is 2.19. The van der Waals surface area contributed by atoms with E-state index < -0.39 is 28.3 Å². The van der Waals surface area contributed by atoms with Gasteiger partial charge < -0.3 is 9.64 Å². The van der Waals surface area contributed by atoms with Crippen LogP contribution in [-0.4, -0.2) is 55.9 Å². The van der Waals surface area contributed by atoms with E-state index in [1.807, 2.05) is 0 Å². The largest absolute Gasteiger partial charge is 0.452 e. The first kappa shape index (κ1) is 19.0. The first-order valence-electron chi connectivity index (χ1n) is 7.35. The van der Waals surface area contributed by atoms with Crippen molar-refractivity contribution in [2.45, 2.75) is 19.4 Å². The van der Waals surface area contributed by atoms with E-state index in [9.17, 15) is 18.0 Å². The van der Waals surface area contributed by atoms with E-state index in [0.717, 1.165) is 0 Å². The number of benzene rings is 1. The standard InChI is InChI=1S/C15H17Cl2NO5S/c1-2-18(11-5-6-24(21,22)9-11)14(19)8-23-15(20)12-4-3-10(16)7-13(12)17/h3-4,7,11H,2,5-6,8-9H2,1H3/t11-/m1/s1. The molecular formula is C15H17Cl2NO5S. The normalized spacial score (nSPS) is 19.0. The maximum absolute atomic E-state index is 12.2. The summed E-state index contributed by atoms with van der Waals surface area (Å²) < 4.78 is 28.1. The van der Waals surface area contributed by atoms with Crippen LogP contribution in [0.3, 0.4) is 0 Å². The molecule has 0 aromatic heterocycles. The molecule has 132 valence electrons. The highest BCUT2D eigenvalue weighted by Crippen LogP contribution is 2.22. The zero-order valence-corrected chi connectivity index (χ0v) is 15.3. The molecule has 0 spiro atoms. The molecule has 0 N–H and O–H groups in total. The van der Waals surface area contributed by atoms with Crippen molar-refractivity contribution in [3.63, 3.8) is 0 Å². The Kier molecular flexibility index (Phi) is 6.11. The quantitative estimate of drug-likeness (QED) is 0.716. The Balaban J connectivity index is 1.97. The summed E-state index contributed by atoms with van der Waals surface area (Å²) in [4.78, 5) is 25.7. The van der Waals surface area contributed by atoms with Gasteiger partial charge in [0, 0.05) is 17.6 Å². The topological polar surface area (TPSA) is 80.8 Å². The van der Waals surface area contributed by atoms with Gasteiger partial charge in [-0.1, -0.05) is 23.2 Å². The monoisotopic (exact) mass is 393 g/mol. The molecule has 1 heterocycles. The minimum atomic E-state index is -3.10. The molecule has 6 nitrogen and oxygen atoms in total. The lowest BCUT2D eigenvalue weighted by molar-refractivity contribution is -0.136. The molecule has 1 aromatic carbocycles. The van der Waals surface area contributed by atoms with Crippen LogP contribution in [0, 0.1) is 0 Å². The van der Waals surface area contributed by atoms with Gasteiger partial charge in [0.05, 0.1) is 22.1 Å². The Bertz CT molecular complexity index is 750. The molecule has 1 aliphatic heterocycles. The van der Waals surface area contributed by atoms with Gasteiger partial charge in [-0.2, -0.15) is 0 Å². The van der Waals surface area contributed by atoms with Crippen LogP contribution in [0.1, 0.15) is 23.7 Å². The maximum atomic E-state index is 12.2. The number of carbonyl (C=O) groups is 2. The summed E-state index contributed by atoms with van der Waals surface area (Å²) in [6.07, 6.45) is 0.402. The predicted molar refractivity (Wildman–Crippen MR) is 91.2 cm³/mol. The lowest BCUT2D eigenvalue weighted by Gasteiger charge is -2.26. The number of likely N-dealkylation sites (N-methyl/N-ethyl adjacent to an activating group) is 1. The van der Waals surface area contributed by atoms with E-state index in [1.54, 1.807) is 6.92 Å². The van der Waals surface area contributed by atoms with Crippen LogP contribution in [0.4, 0.5) is 0 Å². The van der Waals surface area contributed by atoms with Gasteiger partial charge in [0.15, 0.2) is 16.4 Å². The molecule has 0 radical (unpaired) electrons. The summed E-state index contributed by atoms with van der Waals surface area (Å²) in [6.45, 7) is 1.63. The molecule has 1 amide bonds. The highest BCUT2D eigenvalue weighted by Gasteiger charge is 2.34. The molecular weight excluding hydrogens is 377 g/mol. The van der Waals surface area contributed by atoms with Crippen molar-refractivity contribution >= 4 is 44.9 Å². The van der Waals surface area contributed by atoms with Crippen molar-refractivity contribution < 1.29 is 22.7 Å². The van der Waals surface area contributed by atoms with Crippen LogP contribution in [0.15, 0.2) is 18.2 Å². The molecule has 1 aliphatic rings. The van der Waals surface area contributed by atoms with Crippen LogP contribution in [0.25, 0.3) is 0 Å². The van der Waals surface area contributed by atoms with Crippen LogP contribution >= 0.6 is 23.2 Å². The van der Waals surface area contributed by atoms with Crippen molar-refractivity contribution in [2.75, 3.05) is 24.7 Å². The third-order valence-corrected chi connectivity index (χ3v) is 6.09. The third kappa shape index (κ3) is 4.62. The number of hydrogen-bond donors (Lipinski definition) is 0. The van der Waals surface area contributed by atoms with Gasteiger partial charge in [-0.25, -0.2) is 13.2 Å². The maximum Gasteiger partial charge on any atom is 0.340 e. The molecule has 1 atom stereocenters. The van der Waals surface area contributed by atoms with Crippen molar-refractivity contribution in [3.05, 3.63) is 33.8 Å². The minimum absolute atomic E-state index is 0.0520. The Labute approximate surface area is 150 Å². The first-order valence-corrected chi connectivity index (χ1v) is 9.93. The number of esters is 1. The Morgan fingerprint density at radius 1 is 1.33 bits per heavy atom. The van der Waals surface area contributed by atoms with Crippen LogP contribution < -0.4 is 0 Å². The highest BCUT2D eigenvalue weighted by molar-refractivity contribution is 7.91. The SMILES string of the molecule is CCN(C(=O)COC(=O)c1ccc(Cl)cc1Cl)[C@@H]1CCS(=O)(=O)C1. The number of sulfone groups is 1. The number of carbonyl (C=O) groups excluding carboxylic acids is 2. The average molecular weight is 394 g/mol. The zero-order valence-electron chi connectivity index (χ0n) is 13.0. The third-order valence-electron chi connectivity index (χ3n) is 3.79. The lowest BCUT2D eigenvalue weighted by atomic mass is 10.2. The summed E-state index contributed by atoms with van der Waals surface area (Å²) in [5.74, 6) is -1.15. The van der Waals surface area contributed by atoms with E-state index in [1.165, 1.54) is 23.1 Å². The van der Waals surface area contributed by atoms with E-state index in [-0.39, 0.29) is 28.1 Å². The molecule has 0 unspecified atom stereocenters. The summed E-state index contributed by atoms with van der Waals surface area (Å²) in [7, 11) is -3.10. The molecule has 0 bridgehead atoms. The fourth-order valence-corrected chi connectivity index (χ4v) is 4.82. The molecule has 1 saturated heterocycles. The van der Waals surface area contributed by atoms with Gasteiger partial charge in [-0.05, 0) is 31.5 Å². The van der Waals surface area contributed by atoms with E-state index in [2.05, 4.69) is 0 Å². The molecule has 24 heavy (non-hydrogen) atoms. The minimum Gasteiger partial charge on any atom is -0.452 e. The molecule has 0 saturated carbocycles. The van der Waals surface area contributed by atoms with Crippen LogP contribution in [-0.2, 0) is 19.4 Å². The second-order valence-electron chi connectivity index (χ2n) is 5.44. The summed E-state index contributed by atoms with van der Waals surface area (Å²) >= 11 is 11.7. The van der Waals surface area contributed by atoms with Gasteiger partial charge in [0.2, 0.25) is 0 Å². The van der Waals surface area contributed by atoms with Crippen molar-refractivity contribution in [3.8, 4) is 0 Å². The average Bonchev–Trinajstić information content (AvgIpc) is 2.85. The van der Waals surface area contributed by atoms with E-state index in [4.69, 9.17) is 27.9 Å². The Morgan fingerprint density at radius 2 is 2.04 bits per heavy atom. The van der Waals surface area contributed by atoms with Gasteiger partial charge in [0.25, 0.3) is 5.91 Å². The molecule has 0 aliphatic carbocycles. The molecule has 2 rings (SSSR count). The number of nitrogens with zero attached hydrogens (tertiary/aromatic N) is 1. The van der Waals surface area contributed by atoms with Crippen molar-refractivity contribution in [2.24, 2.45) is 0 Å². The van der Waals surface area contributed by atoms with Crippen molar-refractivity contribution in [1.82, 2.24) is 4.90 Å². The zero-order chi connectivity index (χ0) is 17.9. The molecule has 9 heteroatoms. The van der Waals surface area contributed by atoms with Crippen LogP contribution in [0.5, 0.6) is 0 Å². The lowest BCUT2D eigenvalue weighted by Crippen LogP contribution is -2.43. The van der Waals surface area contributed by atoms with E-state index in [0.29, 0.717) is 18.0 Å². The number of amides is 1. The number of hydrogen-bond acceptors (Lipinski definition) is 5. The second kappa shape index (κ2) is 7.72. The smallest absolute Gasteiger partial charge is 0.340 e. The summed E-state index contributed by atoms with van der Waals surface area (Å²) in [5.41, 5.74) is 0.111. The summed E-state index contributed by atoms with van der Waals surface area (Å²) in [6, 6.07) is 3.94. The Hall–Kier alpha value is -1.31. The fraction of sp³-hybridized carbons (Fsp3) is 0.467. The summed E-state index contributed by atoms with van der Waals surface area (Å²) in [5, 5.41) is 0.515. The van der Waals surface area contributed by atoms with E-state index >= 15 is 0 Å².